The van der Waals surface area contributed by atoms with E-state index in [9.17, 15) is 4.39 Å². The number of hydrogen-bond acceptors (Lipinski definition) is 4. The lowest BCUT2D eigenvalue weighted by Gasteiger charge is -2.11. The van der Waals surface area contributed by atoms with Gasteiger partial charge in [0.1, 0.15) is 5.69 Å². The van der Waals surface area contributed by atoms with Crippen LogP contribution in [0.3, 0.4) is 0 Å². The Kier molecular flexibility index (Phi) is 2.70. The van der Waals surface area contributed by atoms with E-state index in [1.54, 1.807) is 12.1 Å². The number of halogens is 1. The molecule has 1 fully saturated rings. The second-order valence-corrected chi connectivity index (χ2v) is 4.61. The Bertz CT molecular complexity index is 539. The highest BCUT2D eigenvalue weighted by Crippen LogP contribution is 2.34. The van der Waals surface area contributed by atoms with Crippen LogP contribution in [0, 0.1) is 5.82 Å². The van der Waals surface area contributed by atoms with E-state index in [0.717, 1.165) is 12.8 Å². The molecule has 5 nitrogen and oxygen atoms in total. The Hall–Kier alpha value is -1.98. The minimum Gasteiger partial charge on any atom is -0.397 e. The molecule has 0 aliphatic heterocycles. The van der Waals surface area contributed by atoms with Crippen molar-refractivity contribution in [1.82, 2.24) is 20.2 Å². The highest BCUT2D eigenvalue weighted by atomic mass is 19.1. The summed E-state index contributed by atoms with van der Waals surface area (Å²) >= 11 is 0. The van der Waals surface area contributed by atoms with Gasteiger partial charge in [0, 0.05) is 5.92 Å². The Balaban J connectivity index is 2.09. The summed E-state index contributed by atoms with van der Waals surface area (Å²) in [7, 11) is 0. The molecule has 0 bridgehead atoms. The van der Waals surface area contributed by atoms with Gasteiger partial charge in [0.15, 0.2) is 11.6 Å². The van der Waals surface area contributed by atoms with Gasteiger partial charge in [-0.25, -0.2) is 4.39 Å². The number of nitrogens with zero attached hydrogens (tertiary/aromatic N) is 4. The van der Waals surface area contributed by atoms with Gasteiger partial charge in [-0.3, -0.25) is 0 Å². The molecule has 1 aromatic heterocycles. The van der Waals surface area contributed by atoms with E-state index in [-0.39, 0.29) is 5.69 Å². The molecule has 0 spiro atoms. The molecular weight excluding hydrogens is 233 g/mol. The third-order valence-electron chi connectivity index (χ3n) is 3.44. The predicted octanol–water partition coefficient (Wildman–Crippen LogP) is 2.04. The lowest BCUT2D eigenvalue weighted by atomic mass is 10.1. The zero-order chi connectivity index (χ0) is 12.5. The molecule has 1 aliphatic carbocycles. The fourth-order valence-corrected chi connectivity index (χ4v) is 2.55. The Morgan fingerprint density at radius 2 is 2.06 bits per heavy atom. The van der Waals surface area contributed by atoms with Crippen molar-refractivity contribution in [2.24, 2.45) is 0 Å². The standard InChI is InChI=1S/C12H14FN5/c13-9-6-3-7-10(14)11(9)18-12(15-16-17-18)8-4-1-2-5-8/h3,6-8H,1-2,4-5,14H2. The number of anilines is 1. The average molecular weight is 247 g/mol. The zero-order valence-corrected chi connectivity index (χ0v) is 9.88. The van der Waals surface area contributed by atoms with Crippen LogP contribution in [0.4, 0.5) is 10.1 Å². The second kappa shape index (κ2) is 4.36. The van der Waals surface area contributed by atoms with Crippen LogP contribution in [-0.2, 0) is 0 Å². The van der Waals surface area contributed by atoms with Crippen LogP contribution in [0.15, 0.2) is 18.2 Å². The van der Waals surface area contributed by atoms with Gasteiger partial charge < -0.3 is 5.73 Å². The fourth-order valence-electron chi connectivity index (χ4n) is 2.55. The van der Waals surface area contributed by atoms with E-state index in [0.29, 0.717) is 17.4 Å². The maximum absolute atomic E-state index is 13.9. The van der Waals surface area contributed by atoms with Gasteiger partial charge in [0.05, 0.1) is 5.69 Å². The first kappa shape index (κ1) is 11.1. The number of aromatic nitrogens is 4. The largest absolute Gasteiger partial charge is 0.397 e. The van der Waals surface area contributed by atoms with Gasteiger partial charge in [-0.1, -0.05) is 18.9 Å². The summed E-state index contributed by atoms with van der Waals surface area (Å²) in [5.74, 6) is 0.616. The summed E-state index contributed by atoms with van der Waals surface area (Å²) in [5, 5.41) is 11.6. The van der Waals surface area contributed by atoms with E-state index >= 15 is 0 Å². The van der Waals surface area contributed by atoms with Crippen molar-refractivity contribution in [1.29, 1.82) is 0 Å². The molecule has 2 N–H and O–H groups in total. The first-order chi connectivity index (χ1) is 8.77. The molecule has 1 aromatic carbocycles. The van der Waals surface area contributed by atoms with Crippen LogP contribution < -0.4 is 5.73 Å². The molecule has 94 valence electrons. The molecule has 2 aromatic rings. The van der Waals surface area contributed by atoms with Crippen molar-refractivity contribution < 1.29 is 4.39 Å². The maximum atomic E-state index is 13.9. The van der Waals surface area contributed by atoms with Crippen molar-refractivity contribution in [2.75, 3.05) is 5.73 Å². The van der Waals surface area contributed by atoms with Crippen molar-refractivity contribution in [2.45, 2.75) is 31.6 Å². The highest BCUT2D eigenvalue weighted by Gasteiger charge is 2.25. The molecule has 0 atom stereocenters. The van der Waals surface area contributed by atoms with Gasteiger partial charge in [-0.05, 0) is 35.4 Å². The molecule has 1 saturated carbocycles. The molecule has 0 unspecified atom stereocenters. The van der Waals surface area contributed by atoms with Crippen LogP contribution in [0.25, 0.3) is 5.69 Å². The molecule has 1 heterocycles. The molecule has 0 radical (unpaired) electrons. The summed E-state index contributed by atoms with van der Waals surface area (Å²) in [4.78, 5) is 0. The molecule has 3 rings (SSSR count). The molecule has 6 heteroatoms. The van der Waals surface area contributed by atoms with Crippen molar-refractivity contribution in [3.8, 4) is 5.69 Å². The van der Waals surface area contributed by atoms with Crippen molar-refractivity contribution in [3.05, 3.63) is 29.8 Å². The number of para-hydroxylation sites is 1. The molecule has 0 saturated heterocycles. The van der Waals surface area contributed by atoms with Crippen LogP contribution in [-0.4, -0.2) is 20.2 Å². The maximum Gasteiger partial charge on any atom is 0.159 e. The number of nitrogen functional groups attached to an aromatic ring is 1. The monoisotopic (exact) mass is 247 g/mol. The third-order valence-corrected chi connectivity index (χ3v) is 3.44. The molecule has 1 aliphatic rings. The number of hydrogen-bond donors (Lipinski definition) is 1. The number of tetrazole rings is 1. The zero-order valence-electron chi connectivity index (χ0n) is 9.88. The third kappa shape index (κ3) is 1.73. The quantitative estimate of drug-likeness (QED) is 0.824. The van der Waals surface area contributed by atoms with E-state index in [1.807, 2.05) is 0 Å². The van der Waals surface area contributed by atoms with Gasteiger partial charge in [-0.2, -0.15) is 4.68 Å². The van der Waals surface area contributed by atoms with Crippen molar-refractivity contribution in [3.63, 3.8) is 0 Å². The van der Waals surface area contributed by atoms with Crippen LogP contribution in [0.1, 0.15) is 37.4 Å². The van der Waals surface area contributed by atoms with Gasteiger partial charge in [0.2, 0.25) is 0 Å². The summed E-state index contributed by atoms with van der Waals surface area (Å²) < 4.78 is 15.3. The van der Waals surface area contributed by atoms with Gasteiger partial charge in [0.25, 0.3) is 0 Å². The Morgan fingerprint density at radius 1 is 1.28 bits per heavy atom. The van der Waals surface area contributed by atoms with E-state index in [2.05, 4.69) is 15.5 Å². The normalized spacial score (nSPS) is 16.3. The average Bonchev–Trinajstić information content (AvgIpc) is 2.98. The summed E-state index contributed by atoms with van der Waals surface area (Å²) in [5.41, 5.74) is 6.43. The topological polar surface area (TPSA) is 69.6 Å². The lowest BCUT2D eigenvalue weighted by Crippen LogP contribution is -2.10. The first-order valence-corrected chi connectivity index (χ1v) is 6.10. The number of rotatable bonds is 2. The van der Waals surface area contributed by atoms with Crippen molar-refractivity contribution >= 4 is 5.69 Å². The van der Waals surface area contributed by atoms with Gasteiger partial charge in [-0.15, -0.1) is 5.10 Å². The molecule has 0 amide bonds. The fraction of sp³-hybridized carbons (Fsp3) is 0.417. The molecule has 18 heavy (non-hydrogen) atoms. The Morgan fingerprint density at radius 3 is 2.78 bits per heavy atom. The van der Waals surface area contributed by atoms with E-state index in [1.165, 1.54) is 23.6 Å². The first-order valence-electron chi connectivity index (χ1n) is 6.10. The predicted molar refractivity (Wildman–Crippen MR) is 64.7 cm³/mol. The summed E-state index contributed by atoms with van der Waals surface area (Å²) in [6.07, 6.45) is 4.44. The lowest BCUT2D eigenvalue weighted by molar-refractivity contribution is 0.587. The SMILES string of the molecule is Nc1cccc(F)c1-n1nnnc1C1CCCC1. The van der Waals surface area contributed by atoms with Crippen LogP contribution >= 0.6 is 0 Å². The summed E-state index contributed by atoms with van der Waals surface area (Å²) in [6.45, 7) is 0. The summed E-state index contributed by atoms with van der Waals surface area (Å²) in [6, 6.07) is 4.60. The smallest absolute Gasteiger partial charge is 0.159 e. The highest BCUT2D eigenvalue weighted by molar-refractivity contribution is 5.58. The van der Waals surface area contributed by atoms with Crippen LogP contribution in [0.2, 0.25) is 0 Å². The van der Waals surface area contributed by atoms with E-state index < -0.39 is 5.82 Å². The van der Waals surface area contributed by atoms with Gasteiger partial charge >= 0.3 is 0 Å². The number of nitrogens with two attached hydrogens (primary N) is 1. The Labute approximate surface area is 104 Å². The second-order valence-electron chi connectivity index (χ2n) is 4.61. The van der Waals surface area contributed by atoms with Crippen LogP contribution in [0.5, 0.6) is 0 Å². The minimum absolute atomic E-state index is 0.254. The molecular formula is C12H14FN5. The van der Waals surface area contributed by atoms with E-state index in [4.69, 9.17) is 5.73 Å². The number of benzene rings is 1. The minimum atomic E-state index is -0.401.